The van der Waals surface area contributed by atoms with Gasteiger partial charge in [0.15, 0.2) is 5.82 Å². The molecule has 3 rings (SSSR count). The van der Waals surface area contributed by atoms with E-state index in [9.17, 15) is 0 Å². The summed E-state index contributed by atoms with van der Waals surface area (Å²) in [6, 6.07) is 8.91. The molecule has 130 valence electrons. The number of likely N-dealkylation sites (tertiary alicyclic amines) is 1. The first-order valence-corrected chi connectivity index (χ1v) is 8.95. The Morgan fingerprint density at radius 1 is 1.17 bits per heavy atom. The van der Waals surface area contributed by atoms with Gasteiger partial charge < -0.3 is 4.74 Å². The van der Waals surface area contributed by atoms with Gasteiger partial charge in [0.1, 0.15) is 5.75 Å². The summed E-state index contributed by atoms with van der Waals surface area (Å²) in [4.78, 5) is 2.53. The smallest absolute Gasteiger partial charge is 0.165 e. The molecule has 0 N–H and O–H groups in total. The minimum absolute atomic E-state index is 0.421. The van der Waals surface area contributed by atoms with E-state index < -0.39 is 0 Å². The summed E-state index contributed by atoms with van der Waals surface area (Å²) in [5, 5.41) is 12.3. The van der Waals surface area contributed by atoms with Crippen molar-refractivity contribution in [2.24, 2.45) is 0 Å². The maximum atomic E-state index is 5.29. The Bertz CT molecular complexity index is 625. The van der Waals surface area contributed by atoms with E-state index in [0.717, 1.165) is 37.6 Å². The van der Waals surface area contributed by atoms with Crippen LogP contribution in [0.1, 0.15) is 56.5 Å². The fourth-order valence-corrected chi connectivity index (χ4v) is 3.46. The normalized spacial score (nSPS) is 19.2. The summed E-state index contributed by atoms with van der Waals surface area (Å²) in [7, 11) is 1.71. The molecule has 1 aromatic heterocycles. The fraction of sp³-hybridized carbons (Fsp3) is 0.611. The molecule has 0 bridgehead atoms. The van der Waals surface area contributed by atoms with E-state index in [-0.39, 0.29) is 0 Å². The van der Waals surface area contributed by atoms with E-state index in [1.807, 2.05) is 4.68 Å². The van der Waals surface area contributed by atoms with Gasteiger partial charge in [-0.05, 0) is 53.9 Å². The van der Waals surface area contributed by atoms with Gasteiger partial charge in [0.05, 0.1) is 13.7 Å². The second kappa shape index (κ2) is 8.24. The first kappa shape index (κ1) is 16.9. The zero-order valence-electron chi connectivity index (χ0n) is 14.7. The maximum absolute atomic E-state index is 5.29. The van der Waals surface area contributed by atoms with Crippen molar-refractivity contribution >= 4 is 0 Å². The Hall–Kier alpha value is -1.95. The van der Waals surface area contributed by atoms with Crippen molar-refractivity contribution in [2.45, 2.75) is 58.2 Å². The van der Waals surface area contributed by atoms with E-state index in [0.29, 0.717) is 6.04 Å². The molecule has 0 aliphatic carbocycles. The van der Waals surface area contributed by atoms with Gasteiger partial charge in [-0.3, -0.25) is 4.90 Å². The molecule has 6 heteroatoms. The summed E-state index contributed by atoms with van der Waals surface area (Å²) in [6.45, 7) is 4.93. The summed E-state index contributed by atoms with van der Waals surface area (Å²) in [5.74, 6) is 1.88. The number of nitrogens with zero attached hydrogens (tertiary/aromatic N) is 5. The first-order chi connectivity index (χ1) is 11.8. The summed E-state index contributed by atoms with van der Waals surface area (Å²) in [6.07, 6.45) is 6.03. The van der Waals surface area contributed by atoms with Gasteiger partial charge in [0.2, 0.25) is 0 Å². The largest absolute Gasteiger partial charge is 0.497 e. The number of tetrazole rings is 1. The highest BCUT2D eigenvalue weighted by Crippen LogP contribution is 2.32. The highest BCUT2D eigenvalue weighted by atomic mass is 16.5. The van der Waals surface area contributed by atoms with Crippen LogP contribution in [0.25, 0.3) is 0 Å². The molecule has 1 fully saturated rings. The molecule has 0 spiro atoms. The summed E-state index contributed by atoms with van der Waals surface area (Å²) >= 11 is 0. The number of ether oxygens (including phenoxy) is 1. The van der Waals surface area contributed by atoms with E-state index in [4.69, 9.17) is 4.74 Å². The van der Waals surface area contributed by atoms with Gasteiger partial charge in [-0.1, -0.05) is 31.9 Å². The van der Waals surface area contributed by atoms with Crippen molar-refractivity contribution in [1.82, 2.24) is 25.1 Å². The quantitative estimate of drug-likeness (QED) is 0.814. The number of hydrogen-bond acceptors (Lipinski definition) is 5. The molecule has 24 heavy (non-hydrogen) atoms. The number of aryl methyl sites for hydroxylation is 1. The van der Waals surface area contributed by atoms with Crippen LogP contribution in [0.4, 0.5) is 0 Å². The second-order valence-electron chi connectivity index (χ2n) is 6.43. The second-order valence-corrected chi connectivity index (χ2v) is 6.43. The molecule has 2 heterocycles. The lowest BCUT2D eigenvalue weighted by Gasteiger charge is -2.29. The molecule has 0 radical (unpaired) electrons. The van der Waals surface area contributed by atoms with Gasteiger partial charge >= 0.3 is 0 Å². The van der Waals surface area contributed by atoms with Gasteiger partial charge in [-0.2, -0.15) is 0 Å². The summed E-state index contributed by atoms with van der Waals surface area (Å²) in [5.41, 5.74) is 1.35. The van der Waals surface area contributed by atoms with Gasteiger partial charge in [0, 0.05) is 12.6 Å². The van der Waals surface area contributed by atoms with E-state index in [1.54, 1.807) is 7.11 Å². The molecule has 1 atom stereocenters. The van der Waals surface area contributed by atoms with Crippen LogP contribution in [0.5, 0.6) is 5.75 Å². The monoisotopic (exact) mass is 329 g/mol. The minimum atomic E-state index is 0.421. The average molecular weight is 329 g/mol. The summed E-state index contributed by atoms with van der Waals surface area (Å²) < 4.78 is 7.23. The van der Waals surface area contributed by atoms with E-state index in [2.05, 4.69) is 51.6 Å². The Kier molecular flexibility index (Phi) is 5.80. The van der Waals surface area contributed by atoms with Crippen molar-refractivity contribution in [1.29, 1.82) is 0 Å². The van der Waals surface area contributed by atoms with Crippen LogP contribution in [-0.4, -0.2) is 38.8 Å². The lowest BCUT2D eigenvalue weighted by Crippen LogP contribution is -2.29. The Labute approximate surface area is 143 Å². The molecule has 2 aromatic rings. The van der Waals surface area contributed by atoms with Crippen LogP contribution in [-0.2, 0) is 13.1 Å². The van der Waals surface area contributed by atoms with Crippen molar-refractivity contribution in [3.05, 3.63) is 35.7 Å². The lowest BCUT2D eigenvalue weighted by atomic mass is 10.0. The van der Waals surface area contributed by atoms with Gasteiger partial charge in [-0.15, -0.1) is 5.10 Å². The van der Waals surface area contributed by atoms with Crippen LogP contribution in [0.2, 0.25) is 0 Å². The number of hydrogen-bond donors (Lipinski definition) is 0. The minimum Gasteiger partial charge on any atom is -0.497 e. The van der Waals surface area contributed by atoms with E-state index in [1.165, 1.54) is 31.2 Å². The number of rotatable bonds is 6. The average Bonchev–Trinajstić information content (AvgIpc) is 2.91. The fourth-order valence-electron chi connectivity index (χ4n) is 3.46. The third-order valence-corrected chi connectivity index (χ3v) is 4.75. The molecule has 6 nitrogen and oxygen atoms in total. The topological polar surface area (TPSA) is 56.1 Å². The van der Waals surface area contributed by atoms with Crippen molar-refractivity contribution < 1.29 is 4.74 Å². The standard InChI is InChI=1S/C18H27N5O/c1-3-12-23-18(19-20-21-23)14-22-13-6-4-5-7-17(22)15-8-10-16(24-2)11-9-15/h8-11,17H,3-7,12-14H2,1-2H3. The molecule has 1 aliphatic heterocycles. The maximum Gasteiger partial charge on any atom is 0.165 e. The predicted molar refractivity (Wildman–Crippen MR) is 92.7 cm³/mol. The third kappa shape index (κ3) is 3.93. The van der Waals surface area contributed by atoms with Crippen LogP contribution in [0.15, 0.2) is 24.3 Å². The van der Waals surface area contributed by atoms with Crippen LogP contribution in [0, 0.1) is 0 Å². The predicted octanol–water partition coefficient (Wildman–Crippen LogP) is 3.21. The number of benzene rings is 1. The van der Waals surface area contributed by atoms with Crippen LogP contribution < -0.4 is 4.74 Å². The van der Waals surface area contributed by atoms with Crippen molar-refractivity contribution in [3.8, 4) is 5.75 Å². The SMILES string of the molecule is CCCn1nnnc1CN1CCCCCC1c1ccc(OC)cc1. The van der Waals surface area contributed by atoms with Gasteiger partial charge in [-0.25, -0.2) is 4.68 Å². The number of aromatic nitrogens is 4. The zero-order valence-corrected chi connectivity index (χ0v) is 14.7. The molecule has 1 unspecified atom stereocenters. The zero-order chi connectivity index (χ0) is 16.8. The van der Waals surface area contributed by atoms with Crippen molar-refractivity contribution in [2.75, 3.05) is 13.7 Å². The molecule has 1 aliphatic rings. The highest BCUT2D eigenvalue weighted by Gasteiger charge is 2.24. The first-order valence-electron chi connectivity index (χ1n) is 8.95. The van der Waals surface area contributed by atoms with Crippen LogP contribution >= 0.6 is 0 Å². The highest BCUT2D eigenvalue weighted by molar-refractivity contribution is 5.29. The molecular weight excluding hydrogens is 302 g/mol. The Balaban J connectivity index is 1.80. The number of methoxy groups -OCH3 is 1. The van der Waals surface area contributed by atoms with E-state index >= 15 is 0 Å². The molecule has 0 saturated carbocycles. The van der Waals surface area contributed by atoms with Crippen LogP contribution in [0.3, 0.4) is 0 Å². The third-order valence-electron chi connectivity index (χ3n) is 4.75. The molecule has 1 aromatic carbocycles. The molecule has 0 amide bonds. The lowest BCUT2D eigenvalue weighted by molar-refractivity contribution is 0.184. The van der Waals surface area contributed by atoms with Crippen molar-refractivity contribution in [3.63, 3.8) is 0 Å². The Morgan fingerprint density at radius 3 is 2.75 bits per heavy atom. The Morgan fingerprint density at radius 2 is 2.00 bits per heavy atom. The van der Waals surface area contributed by atoms with Gasteiger partial charge in [0.25, 0.3) is 0 Å². The molecular formula is C18H27N5O. The molecule has 1 saturated heterocycles.